The molecule has 0 unspecified atom stereocenters. The van der Waals surface area contributed by atoms with Crippen LogP contribution in [0.1, 0.15) is 48.0 Å². The molecule has 1 heterocycles. The Balaban J connectivity index is 3.97. The van der Waals surface area contributed by atoms with Gasteiger partial charge in [-0.05, 0) is 6.26 Å². The minimum atomic E-state index is -1.88. The fraction of sp³-hybridized carbons (Fsp3) is 0.696. The van der Waals surface area contributed by atoms with Gasteiger partial charge in [-0.15, -0.1) is 11.8 Å². The summed E-state index contributed by atoms with van der Waals surface area (Å²) < 4.78 is 32.2. The number of imide groups is 1. The molecular formula is C23H33NO13S. The summed E-state index contributed by atoms with van der Waals surface area (Å²) in [6.07, 6.45) is -5.08. The number of esters is 5. The van der Waals surface area contributed by atoms with E-state index in [-0.39, 0.29) is 6.42 Å². The maximum absolute atomic E-state index is 12.9. The Morgan fingerprint density at radius 2 is 1.45 bits per heavy atom. The normalized spacial score (nSPS) is 24.2. The van der Waals surface area contributed by atoms with Gasteiger partial charge in [-0.1, -0.05) is 0 Å². The molecule has 1 rings (SSSR count). The number of rotatable bonds is 10. The average molecular weight is 564 g/mol. The number of ether oxygens (including phenoxy) is 6. The zero-order chi connectivity index (χ0) is 29.4. The Morgan fingerprint density at radius 1 is 0.895 bits per heavy atom. The number of methoxy groups -OCH3 is 1. The van der Waals surface area contributed by atoms with Crippen molar-refractivity contribution in [1.82, 2.24) is 4.90 Å². The van der Waals surface area contributed by atoms with E-state index in [1.54, 1.807) is 0 Å². The lowest BCUT2D eigenvalue weighted by atomic mass is 9.88. The highest BCUT2D eigenvalue weighted by atomic mass is 32.2. The van der Waals surface area contributed by atoms with Crippen LogP contribution in [-0.2, 0) is 62.0 Å². The quantitative estimate of drug-likeness (QED) is 0.259. The lowest BCUT2D eigenvalue weighted by Crippen LogP contribution is -2.69. The van der Waals surface area contributed by atoms with Crippen LogP contribution in [0.3, 0.4) is 0 Å². The van der Waals surface area contributed by atoms with Crippen molar-refractivity contribution in [2.24, 2.45) is 0 Å². The topological polar surface area (TPSA) is 178 Å². The first-order chi connectivity index (χ1) is 17.6. The Kier molecular flexibility index (Phi) is 12.2. The van der Waals surface area contributed by atoms with Crippen LogP contribution in [0, 0.1) is 0 Å². The van der Waals surface area contributed by atoms with Gasteiger partial charge >= 0.3 is 29.8 Å². The molecule has 0 saturated carbocycles. The van der Waals surface area contributed by atoms with E-state index in [2.05, 4.69) is 0 Å². The molecule has 14 nitrogen and oxygen atoms in total. The molecule has 1 saturated heterocycles. The second-order valence-electron chi connectivity index (χ2n) is 8.31. The van der Waals surface area contributed by atoms with Crippen molar-refractivity contribution in [2.75, 3.05) is 20.0 Å². The van der Waals surface area contributed by atoms with E-state index in [0.717, 1.165) is 65.3 Å². The van der Waals surface area contributed by atoms with Gasteiger partial charge in [-0.25, -0.2) is 4.79 Å². The number of thioether (sulfide) groups is 1. The monoisotopic (exact) mass is 563 g/mol. The number of carbonyl (C=O) groups excluding carboxylic acids is 7. The van der Waals surface area contributed by atoms with Crippen molar-refractivity contribution in [1.29, 1.82) is 0 Å². The van der Waals surface area contributed by atoms with Crippen molar-refractivity contribution in [3.05, 3.63) is 0 Å². The van der Waals surface area contributed by atoms with Crippen molar-refractivity contribution in [2.45, 2.75) is 83.4 Å². The number of carbonyl (C=O) groups is 7. The molecule has 0 radical (unpaired) electrons. The Labute approximate surface area is 223 Å². The predicted molar refractivity (Wildman–Crippen MR) is 128 cm³/mol. The zero-order valence-corrected chi connectivity index (χ0v) is 23.3. The standard InChI is InChI=1S/C23H33NO13S/c1-11(25)24(12(2)26)19-17(34-14(4)28)9-23(38-8,22(31)32-7)37-21(19)20(36-16(6)30)18(35-15(5)29)10-33-13(3)27/h17-21H,9-10H2,1-8H3/t17-,18+,19+,20+,21+,23-/m0/s1. The first-order valence-electron chi connectivity index (χ1n) is 11.4. The van der Waals surface area contributed by atoms with Crippen LogP contribution in [0.25, 0.3) is 0 Å². The minimum Gasteiger partial charge on any atom is -0.466 e. The van der Waals surface area contributed by atoms with E-state index in [1.807, 2.05) is 0 Å². The molecule has 0 aromatic carbocycles. The molecule has 0 spiro atoms. The van der Waals surface area contributed by atoms with Gasteiger partial charge in [0.2, 0.25) is 16.7 Å². The summed E-state index contributed by atoms with van der Waals surface area (Å²) in [5, 5.41) is 0. The summed E-state index contributed by atoms with van der Waals surface area (Å²) in [5.41, 5.74) is 0. The summed E-state index contributed by atoms with van der Waals surface area (Å²) in [4.78, 5) is 84.8. The van der Waals surface area contributed by atoms with Gasteiger partial charge in [0, 0.05) is 48.0 Å². The largest absolute Gasteiger partial charge is 0.466 e. The molecule has 6 atom stereocenters. The number of hydrogen-bond acceptors (Lipinski definition) is 14. The maximum atomic E-state index is 12.9. The highest BCUT2D eigenvalue weighted by Gasteiger charge is 2.60. The fourth-order valence-electron chi connectivity index (χ4n) is 4.13. The van der Waals surface area contributed by atoms with Gasteiger partial charge in [0.05, 0.1) is 7.11 Å². The van der Waals surface area contributed by atoms with E-state index in [9.17, 15) is 33.6 Å². The molecular weight excluding hydrogens is 530 g/mol. The first-order valence-corrected chi connectivity index (χ1v) is 12.6. The third-order valence-corrected chi connectivity index (χ3v) is 6.48. The van der Waals surface area contributed by atoms with Crippen LogP contribution in [0.4, 0.5) is 0 Å². The molecule has 0 aliphatic carbocycles. The van der Waals surface area contributed by atoms with Crippen LogP contribution in [-0.4, -0.2) is 102 Å². The number of nitrogens with zero attached hydrogens (tertiary/aromatic N) is 1. The summed E-state index contributed by atoms with van der Waals surface area (Å²) in [5.74, 6) is -5.81. The van der Waals surface area contributed by atoms with Crippen LogP contribution in [0.15, 0.2) is 0 Å². The molecule has 1 aliphatic heterocycles. The summed E-state index contributed by atoms with van der Waals surface area (Å²) in [6, 6.07) is -1.47. The van der Waals surface area contributed by atoms with Gasteiger partial charge in [0.15, 0.2) is 12.2 Å². The molecule has 1 fully saturated rings. The molecule has 0 N–H and O–H groups in total. The van der Waals surface area contributed by atoms with E-state index in [1.165, 1.54) is 6.26 Å². The van der Waals surface area contributed by atoms with Crippen molar-refractivity contribution in [3.8, 4) is 0 Å². The lowest BCUT2D eigenvalue weighted by molar-refractivity contribution is -0.233. The van der Waals surface area contributed by atoms with Crippen molar-refractivity contribution in [3.63, 3.8) is 0 Å². The third-order valence-electron chi connectivity index (χ3n) is 5.39. The molecule has 0 bridgehead atoms. The van der Waals surface area contributed by atoms with Crippen LogP contribution in [0.5, 0.6) is 0 Å². The highest BCUT2D eigenvalue weighted by Crippen LogP contribution is 2.43. The Bertz CT molecular complexity index is 940. The molecule has 0 aromatic rings. The van der Waals surface area contributed by atoms with Gasteiger partial charge in [-0.2, -0.15) is 0 Å². The summed E-state index contributed by atoms with van der Waals surface area (Å²) >= 11 is 0.861. The molecule has 15 heteroatoms. The second kappa shape index (κ2) is 14.1. The average Bonchev–Trinajstić information content (AvgIpc) is 2.79. The van der Waals surface area contributed by atoms with Crippen LogP contribution < -0.4 is 0 Å². The molecule has 1 aliphatic rings. The van der Waals surface area contributed by atoms with Crippen molar-refractivity contribution >= 4 is 53.4 Å². The highest BCUT2D eigenvalue weighted by molar-refractivity contribution is 8.00. The van der Waals surface area contributed by atoms with E-state index in [4.69, 9.17) is 28.4 Å². The minimum absolute atomic E-state index is 0.367. The van der Waals surface area contributed by atoms with Crippen molar-refractivity contribution < 1.29 is 62.0 Å². The summed E-state index contributed by atoms with van der Waals surface area (Å²) in [7, 11) is 1.09. The summed E-state index contributed by atoms with van der Waals surface area (Å²) in [6.45, 7) is 5.77. The van der Waals surface area contributed by atoms with E-state index in [0.29, 0.717) is 0 Å². The predicted octanol–water partition coefficient (Wildman–Crippen LogP) is 0.129. The third kappa shape index (κ3) is 8.41. The van der Waals surface area contributed by atoms with Gasteiger partial charge in [0.25, 0.3) is 0 Å². The Morgan fingerprint density at radius 3 is 1.84 bits per heavy atom. The molecule has 38 heavy (non-hydrogen) atoms. The van der Waals surface area contributed by atoms with E-state index >= 15 is 0 Å². The number of hydrogen-bond donors (Lipinski definition) is 0. The Hall–Kier alpha value is -3.20. The molecule has 2 amide bonds. The van der Waals surface area contributed by atoms with Gasteiger partial charge in [0.1, 0.15) is 24.9 Å². The fourth-order valence-corrected chi connectivity index (χ4v) is 4.92. The smallest absolute Gasteiger partial charge is 0.348 e. The first kappa shape index (κ1) is 32.8. The van der Waals surface area contributed by atoms with Crippen LogP contribution >= 0.6 is 11.8 Å². The van der Waals surface area contributed by atoms with Gasteiger partial charge in [-0.3, -0.25) is 33.7 Å². The molecule has 0 aromatic heterocycles. The second-order valence-corrected chi connectivity index (χ2v) is 9.37. The van der Waals surface area contributed by atoms with Gasteiger partial charge < -0.3 is 28.4 Å². The van der Waals surface area contributed by atoms with E-state index < -0.39 is 83.7 Å². The maximum Gasteiger partial charge on any atom is 0.348 e. The zero-order valence-electron chi connectivity index (χ0n) is 22.5. The SMILES string of the molecule is COC(=O)[C@@]1(SC)C[C@H](OC(C)=O)[C@@H](N(C(C)=O)C(C)=O)[C@H]([C@H](OC(C)=O)[C@@H](COC(C)=O)OC(C)=O)O1. The molecule has 214 valence electrons. The van der Waals surface area contributed by atoms with Crippen LogP contribution in [0.2, 0.25) is 0 Å². The number of amides is 2. The lowest BCUT2D eigenvalue weighted by Gasteiger charge is -2.50.